The number of imidazole rings is 1. The molecular weight excluding hydrogens is 330 g/mol. The Morgan fingerprint density at radius 2 is 1.85 bits per heavy atom. The molecule has 3 aliphatic heterocycles. The van der Waals surface area contributed by atoms with Crippen LogP contribution in [0.2, 0.25) is 0 Å². The predicted octanol–water partition coefficient (Wildman–Crippen LogP) is 2.74. The number of carbonyl (C=O) groups excluding carboxylic acids is 1. The first kappa shape index (κ1) is 16.3. The molecule has 2 saturated heterocycles. The number of aryl methyl sites for hydroxylation is 2. The van der Waals surface area contributed by atoms with E-state index in [-0.39, 0.29) is 5.91 Å². The molecule has 0 unspecified atom stereocenters. The highest BCUT2D eigenvalue weighted by Gasteiger charge is 2.40. The maximum atomic E-state index is 13.0. The van der Waals surface area contributed by atoms with Crippen molar-refractivity contribution in [1.82, 2.24) is 14.5 Å². The zero-order valence-corrected chi connectivity index (χ0v) is 15.1. The Bertz CT molecular complexity index is 828. The van der Waals surface area contributed by atoms with Crippen LogP contribution in [0.1, 0.15) is 48.3 Å². The zero-order valence-electron chi connectivity index (χ0n) is 15.1. The van der Waals surface area contributed by atoms with Gasteiger partial charge in [0.1, 0.15) is 5.82 Å². The fourth-order valence-electron chi connectivity index (χ4n) is 4.50. The molecule has 2 fully saturated rings. The number of aromatic nitrogens is 2. The van der Waals surface area contributed by atoms with Crippen molar-refractivity contribution in [1.29, 1.82) is 0 Å². The number of nitrogens with zero attached hydrogens (tertiary/aromatic N) is 3. The van der Waals surface area contributed by atoms with Gasteiger partial charge in [0.15, 0.2) is 5.79 Å². The summed E-state index contributed by atoms with van der Waals surface area (Å²) in [4.78, 5) is 19.7. The van der Waals surface area contributed by atoms with Gasteiger partial charge in [-0.3, -0.25) is 4.79 Å². The molecule has 1 spiro atoms. The van der Waals surface area contributed by atoms with Crippen molar-refractivity contribution in [2.75, 3.05) is 26.3 Å². The number of piperidine rings is 1. The second kappa shape index (κ2) is 6.35. The minimum absolute atomic E-state index is 0.0861. The molecule has 1 aromatic carbocycles. The van der Waals surface area contributed by atoms with E-state index in [0.717, 1.165) is 48.2 Å². The van der Waals surface area contributed by atoms with Gasteiger partial charge in [-0.1, -0.05) is 6.42 Å². The molecule has 138 valence electrons. The van der Waals surface area contributed by atoms with Crippen LogP contribution in [0.5, 0.6) is 0 Å². The minimum atomic E-state index is -0.442. The van der Waals surface area contributed by atoms with Crippen molar-refractivity contribution in [3.63, 3.8) is 0 Å². The van der Waals surface area contributed by atoms with E-state index in [1.54, 1.807) is 0 Å². The highest BCUT2D eigenvalue weighted by molar-refractivity contribution is 5.97. The lowest BCUT2D eigenvalue weighted by Gasteiger charge is -2.37. The van der Waals surface area contributed by atoms with Crippen molar-refractivity contribution in [2.45, 2.75) is 50.9 Å². The fourth-order valence-corrected chi connectivity index (χ4v) is 4.50. The van der Waals surface area contributed by atoms with E-state index < -0.39 is 5.79 Å². The monoisotopic (exact) mass is 355 g/mol. The summed E-state index contributed by atoms with van der Waals surface area (Å²) >= 11 is 0. The quantitative estimate of drug-likeness (QED) is 0.789. The molecule has 6 heteroatoms. The van der Waals surface area contributed by atoms with Crippen molar-refractivity contribution >= 4 is 16.9 Å². The molecule has 4 heterocycles. The lowest BCUT2D eigenvalue weighted by atomic mass is 10.0. The molecule has 0 saturated carbocycles. The summed E-state index contributed by atoms with van der Waals surface area (Å²) in [5, 5.41) is 0. The van der Waals surface area contributed by atoms with E-state index in [2.05, 4.69) is 10.6 Å². The van der Waals surface area contributed by atoms with E-state index in [0.29, 0.717) is 26.3 Å². The van der Waals surface area contributed by atoms with Crippen LogP contribution >= 0.6 is 0 Å². The molecule has 3 aliphatic rings. The average Bonchev–Trinajstić information content (AvgIpc) is 3.18. The summed E-state index contributed by atoms with van der Waals surface area (Å²) in [5.41, 5.74) is 2.84. The summed E-state index contributed by atoms with van der Waals surface area (Å²) in [7, 11) is 0. The Kier molecular flexibility index (Phi) is 3.98. The molecule has 5 rings (SSSR count). The molecule has 26 heavy (non-hydrogen) atoms. The van der Waals surface area contributed by atoms with E-state index in [9.17, 15) is 4.79 Å². The van der Waals surface area contributed by atoms with Gasteiger partial charge in [0.25, 0.3) is 5.91 Å². The summed E-state index contributed by atoms with van der Waals surface area (Å²) in [6, 6.07) is 5.99. The van der Waals surface area contributed by atoms with Crippen molar-refractivity contribution in [3.8, 4) is 0 Å². The van der Waals surface area contributed by atoms with Crippen LogP contribution in [-0.2, 0) is 22.4 Å². The standard InChI is InChI=1S/C20H25N3O3/c24-19(22-10-7-20(8-11-22)25-12-13-26-20)15-5-6-17-16(14-15)21-18-4-2-1-3-9-23(17)18/h5-6,14H,1-4,7-13H2. The second-order valence-corrected chi connectivity index (χ2v) is 7.59. The third-order valence-electron chi connectivity index (χ3n) is 5.98. The number of hydrogen-bond donors (Lipinski definition) is 0. The van der Waals surface area contributed by atoms with E-state index in [1.807, 2.05) is 17.0 Å². The Hall–Kier alpha value is -1.92. The van der Waals surface area contributed by atoms with Crippen molar-refractivity contribution in [2.24, 2.45) is 0 Å². The molecule has 1 amide bonds. The highest BCUT2D eigenvalue weighted by Crippen LogP contribution is 2.32. The highest BCUT2D eigenvalue weighted by atomic mass is 16.7. The summed E-state index contributed by atoms with van der Waals surface area (Å²) in [6.45, 7) is 3.71. The molecular formula is C20H25N3O3. The number of rotatable bonds is 1. The smallest absolute Gasteiger partial charge is 0.253 e. The van der Waals surface area contributed by atoms with Gasteiger partial charge >= 0.3 is 0 Å². The zero-order chi connectivity index (χ0) is 17.6. The molecule has 0 aliphatic carbocycles. The van der Waals surface area contributed by atoms with Gasteiger partial charge in [-0.25, -0.2) is 4.98 Å². The molecule has 0 radical (unpaired) electrons. The van der Waals surface area contributed by atoms with Crippen molar-refractivity contribution < 1.29 is 14.3 Å². The molecule has 0 atom stereocenters. The van der Waals surface area contributed by atoms with Crippen LogP contribution in [0.25, 0.3) is 11.0 Å². The number of benzene rings is 1. The van der Waals surface area contributed by atoms with Gasteiger partial charge in [-0.15, -0.1) is 0 Å². The number of ether oxygens (including phenoxy) is 2. The summed E-state index contributed by atoms with van der Waals surface area (Å²) in [5.74, 6) is 0.808. The van der Waals surface area contributed by atoms with Crippen LogP contribution in [-0.4, -0.2) is 52.4 Å². The Morgan fingerprint density at radius 3 is 2.65 bits per heavy atom. The van der Waals surface area contributed by atoms with Gasteiger partial charge in [-0.2, -0.15) is 0 Å². The average molecular weight is 355 g/mol. The van der Waals surface area contributed by atoms with Crippen LogP contribution in [0.4, 0.5) is 0 Å². The van der Waals surface area contributed by atoms with Crippen LogP contribution in [0, 0.1) is 0 Å². The van der Waals surface area contributed by atoms with Gasteiger partial charge in [-0.05, 0) is 31.0 Å². The molecule has 0 N–H and O–H groups in total. The maximum absolute atomic E-state index is 13.0. The third-order valence-corrected chi connectivity index (χ3v) is 5.98. The van der Waals surface area contributed by atoms with Gasteiger partial charge < -0.3 is 18.9 Å². The maximum Gasteiger partial charge on any atom is 0.253 e. The topological polar surface area (TPSA) is 56.6 Å². The first-order valence-electron chi connectivity index (χ1n) is 9.81. The van der Waals surface area contributed by atoms with Crippen LogP contribution < -0.4 is 0 Å². The normalized spacial score (nSPS) is 22.5. The Balaban J connectivity index is 1.36. The number of carbonyl (C=O) groups is 1. The summed E-state index contributed by atoms with van der Waals surface area (Å²) < 4.78 is 13.8. The van der Waals surface area contributed by atoms with Crippen LogP contribution in [0.3, 0.4) is 0 Å². The molecule has 6 nitrogen and oxygen atoms in total. The van der Waals surface area contributed by atoms with Gasteiger partial charge in [0, 0.05) is 44.5 Å². The largest absolute Gasteiger partial charge is 0.347 e. The SMILES string of the molecule is O=C(c1ccc2c(c1)nc1n2CCCCC1)N1CCC2(CC1)OCCO2. The lowest BCUT2D eigenvalue weighted by molar-refractivity contribution is -0.181. The van der Waals surface area contributed by atoms with Crippen molar-refractivity contribution in [3.05, 3.63) is 29.6 Å². The van der Waals surface area contributed by atoms with Gasteiger partial charge in [0.05, 0.1) is 24.2 Å². The second-order valence-electron chi connectivity index (χ2n) is 7.59. The number of likely N-dealkylation sites (tertiary alicyclic amines) is 1. The Labute approximate surface area is 153 Å². The number of fused-ring (bicyclic) bond motifs is 3. The molecule has 1 aromatic heterocycles. The van der Waals surface area contributed by atoms with E-state index in [4.69, 9.17) is 14.5 Å². The molecule has 2 aromatic rings. The fraction of sp³-hybridized carbons (Fsp3) is 0.600. The Morgan fingerprint density at radius 1 is 1.04 bits per heavy atom. The lowest BCUT2D eigenvalue weighted by Crippen LogP contribution is -2.47. The van der Waals surface area contributed by atoms with Crippen LogP contribution in [0.15, 0.2) is 18.2 Å². The van der Waals surface area contributed by atoms with E-state index in [1.165, 1.54) is 19.3 Å². The predicted molar refractivity (Wildman–Crippen MR) is 97.1 cm³/mol. The number of amides is 1. The first-order chi connectivity index (χ1) is 12.7. The minimum Gasteiger partial charge on any atom is -0.347 e. The first-order valence-corrected chi connectivity index (χ1v) is 9.81. The van der Waals surface area contributed by atoms with E-state index >= 15 is 0 Å². The third kappa shape index (κ3) is 2.72. The summed E-state index contributed by atoms with van der Waals surface area (Å²) in [6.07, 6.45) is 6.21. The number of hydrogen-bond acceptors (Lipinski definition) is 4. The molecule has 0 bridgehead atoms. The van der Waals surface area contributed by atoms with Gasteiger partial charge in [0.2, 0.25) is 0 Å².